The van der Waals surface area contributed by atoms with Crippen molar-refractivity contribution in [2.24, 2.45) is 4.99 Å². The van der Waals surface area contributed by atoms with E-state index in [1.165, 1.54) is 17.0 Å². The van der Waals surface area contributed by atoms with Crippen LogP contribution in [0.4, 0.5) is 0 Å². The van der Waals surface area contributed by atoms with E-state index in [9.17, 15) is 0 Å². The molecule has 0 amide bonds. The lowest BCUT2D eigenvalue weighted by Gasteiger charge is -2.09. The van der Waals surface area contributed by atoms with Gasteiger partial charge in [0.1, 0.15) is 0 Å². The molecule has 1 N–H and O–H groups in total. The maximum absolute atomic E-state index is 4.47. The van der Waals surface area contributed by atoms with E-state index < -0.39 is 0 Å². The van der Waals surface area contributed by atoms with Crippen LogP contribution in [0, 0.1) is 0 Å². The van der Waals surface area contributed by atoms with Crippen molar-refractivity contribution in [2.75, 3.05) is 7.05 Å². The van der Waals surface area contributed by atoms with Crippen LogP contribution in [0.3, 0.4) is 0 Å². The summed E-state index contributed by atoms with van der Waals surface area (Å²) in [5.74, 6) is 0. The molecule has 0 aromatic heterocycles. The van der Waals surface area contributed by atoms with Crippen molar-refractivity contribution in [2.45, 2.75) is 33.2 Å². The van der Waals surface area contributed by atoms with Crippen LogP contribution in [-0.4, -0.2) is 18.8 Å². The molecule has 0 radical (unpaired) electrons. The van der Waals surface area contributed by atoms with Gasteiger partial charge in [0.15, 0.2) is 0 Å². The molecular formula is C9H16N2. The topological polar surface area (TPSA) is 24.4 Å². The lowest BCUT2D eigenvalue weighted by Crippen LogP contribution is -2.29. The number of allylic oxidation sites excluding steroid dienone is 2. The Hall–Kier alpha value is -0.630. The third-order valence-corrected chi connectivity index (χ3v) is 2.31. The highest BCUT2D eigenvalue weighted by Gasteiger charge is 2.15. The summed E-state index contributed by atoms with van der Waals surface area (Å²) in [4.78, 5) is 4.47. The van der Waals surface area contributed by atoms with Crippen LogP contribution < -0.4 is 5.32 Å². The van der Waals surface area contributed by atoms with Crippen molar-refractivity contribution >= 4 is 5.71 Å². The third-order valence-electron chi connectivity index (χ3n) is 2.31. The molecule has 1 unspecified atom stereocenters. The summed E-state index contributed by atoms with van der Waals surface area (Å²) >= 11 is 0. The van der Waals surface area contributed by atoms with Crippen molar-refractivity contribution < 1.29 is 0 Å². The van der Waals surface area contributed by atoms with E-state index in [-0.39, 0.29) is 0 Å². The van der Waals surface area contributed by atoms with Gasteiger partial charge in [-0.2, -0.15) is 0 Å². The number of nitrogens with zero attached hydrogens (tertiary/aromatic N) is 1. The molecule has 1 atom stereocenters. The van der Waals surface area contributed by atoms with Gasteiger partial charge in [-0.25, -0.2) is 0 Å². The van der Waals surface area contributed by atoms with Crippen LogP contribution in [0.5, 0.6) is 0 Å². The summed E-state index contributed by atoms with van der Waals surface area (Å²) in [7, 11) is 1.97. The number of hydrogen-bond acceptors (Lipinski definition) is 2. The van der Waals surface area contributed by atoms with Gasteiger partial charge >= 0.3 is 0 Å². The SMILES string of the molecule is CNC(C)C1=NC(C)=C(C)C1. The minimum absolute atomic E-state index is 0.419. The minimum Gasteiger partial charge on any atom is -0.312 e. The molecule has 1 rings (SSSR count). The summed E-state index contributed by atoms with van der Waals surface area (Å²) in [6.07, 6.45) is 1.05. The lowest BCUT2D eigenvalue weighted by molar-refractivity contribution is 0.755. The number of aliphatic imine (C=N–C) groups is 1. The van der Waals surface area contributed by atoms with E-state index in [1.54, 1.807) is 0 Å². The van der Waals surface area contributed by atoms with Crippen LogP contribution in [-0.2, 0) is 0 Å². The van der Waals surface area contributed by atoms with Gasteiger partial charge in [0.05, 0.1) is 0 Å². The second kappa shape index (κ2) is 3.18. The van der Waals surface area contributed by atoms with Crippen LogP contribution in [0.2, 0.25) is 0 Å². The highest BCUT2D eigenvalue weighted by Crippen LogP contribution is 2.19. The van der Waals surface area contributed by atoms with Gasteiger partial charge < -0.3 is 5.32 Å². The molecule has 1 heterocycles. The van der Waals surface area contributed by atoms with Crippen molar-refractivity contribution in [1.29, 1.82) is 0 Å². The van der Waals surface area contributed by atoms with Crippen molar-refractivity contribution in [3.05, 3.63) is 11.3 Å². The molecule has 0 aromatic rings. The highest BCUT2D eigenvalue weighted by molar-refractivity contribution is 5.93. The molecule has 0 fully saturated rings. The second-order valence-electron chi connectivity index (χ2n) is 3.16. The standard InChI is InChI=1S/C9H16N2/c1-6-5-9(8(3)10-4)11-7(6)2/h8,10H,5H2,1-4H3. The molecule has 62 valence electrons. The molecule has 2 nitrogen and oxygen atoms in total. The zero-order chi connectivity index (χ0) is 8.43. The Morgan fingerprint density at radius 3 is 2.45 bits per heavy atom. The Morgan fingerprint density at radius 2 is 2.09 bits per heavy atom. The number of nitrogens with one attached hydrogen (secondary N) is 1. The molecular weight excluding hydrogens is 136 g/mol. The highest BCUT2D eigenvalue weighted by atomic mass is 14.9. The quantitative estimate of drug-likeness (QED) is 0.640. The zero-order valence-corrected chi connectivity index (χ0v) is 7.73. The first kappa shape index (κ1) is 8.47. The molecule has 0 aliphatic carbocycles. The maximum atomic E-state index is 4.47. The monoisotopic (exact) mass is 152 g/mol. The summed E-state index contributed by atoms with van der Waals surface area (Å²) in [6, 6.07) is 0.419. The van der Waals surface area contributed by atoms with E-state index in [4.69, 9.17) is 0 Å². The molecule has 0 bridgehead atoms. The van der Waals surface area contributed by atoms with Crippen molar-refractivity contribution in [1.82, 2.24) is 5.32 Å². The predicted molar refractivity (Wildman–Crippen MR) is 48.9 cm³/mol. The van der Waals surface area contributed by atoms with Gasteiger partial charge in [0.2, 0.25) is 0 Å². The molecule has 2 heteroatoms. The number of hydrogen-bond donors (Lipinski definition) is 1. The Kier molecular flexibility index (Phi) is 2.45. The largest absolute Gasteiger partial charge is 0.312 e. The van der Waals surface area contributed by atoms with Crippen LogP contribution in [0.15, 0.2) is 16.3 Å². The van der Waals surface area contributed by atoms with Gasteiger partial charge in [0, 0.05) is 23.9 Å². The molecule has 0 spiro atoms. The predicted octanol–water partition coefficient (Wildman–Crippen LogP) is 1.73. The van der Waals surface area contributed by atoms with Crippen LogP contribution in [0.25, 0.3) is 0 Å². The summed E-state index contributed by atoms with van der Waals surface area (Å²) in [5.41, 5.74) is 3.87. The van der Waals surface area contributed by atoms with Crippen molar-refractivity contribution in [3.8, 4) is 0 Å². The summed E-state index contributed by atoms with van der Waals surface area (Å²) < 4.78 is 0. The average molecular weight is 152 g/mol. The Labute approximate surface area is 68.4 Å². The molecule has 0 saturated heterocycles. The Morgan fingerprint density at radius 1 is 1.45 bits per heavy atom. The lowest BCUT2D eigenvalue weighted by atomic mass is 10.1. The Balaban J connectivity index is 2.64. The first-order valence-electron chi connectivity index (χ1n) is 4.06. The molecule has 1 aliphatic rings. The van der Waals surface area contributed by atoms with Crippen LogP contribution >= 0.6 is 0 Å². The minimum atomic E-state index is 0.419. The fourth-order valence-electron chi connectivity index (χ4n) is 1.17. The summed E-state index contributed by atoms with van der Waals surface area (Å²) in [5, 5.41) is 3.19. The molecule has 0 saturated carbocycles. The van der Waals surface area contributed by atoms with Crippen LogP contribution in [0.1, 0.15) is 27.2 Å². The third kappa shape index (κ3) is 1.69. The summed E-state index contributed by atoms with van der Waals surface area (Å²) in [6.45, 7) is 6.36. The van der Waals surface area contributed by atoms with E-state index in [0.29, 0.717) is 6.04 Å². The van der Waals surface area contributed by atoms with Gasteiger partial charge in [-0.3, -0.25) is 4.99 Å². The Bertz CT molecular complexity index is 214. The fraction of sp³-hybridized carbons (Fsp3) is 0.667. The van der Waals surface area contributed by atoms with Gasteiger partial charge in [-0.15, -0.1) is 0 Å². The van der Waals surface area contributed by atoms with E-state index in [2.05, 4.69) is 31.1 Å². The van der Waals surface area contributed by atoms with E-state index in [0.717, 1.165) is 6.42 Å². The normalized spacial score (nSPS) is 20.5. The maximum Gasteiger partial charge on any atom is 0.0427 e. The van der Waals surface area contributed by atoms with Crippen molar-refractivity contribution in [3.63, 3.8) is 0 Å². The smallest absolute Gasteiger partial charge is 0.0427 e. The van der Waals surface area contributed by atoms with Gasteiger partial charge in [-0.1, -0.05) is 0 Å². The second-order valence-corrected chi connectivity index (χ2v) is 3.16. The van der Waals surface area contributed by atoms with E-state index >= 15 is 0 Å². The fourth-order valence-corrected chi connectivity index (χ4v) is 1.17. The average Bonchev–Trinajstić information content (AvgIpc) is 2.31. The first-order chi connectivity index (χ1) is 5.15. The van der Waals surface area contributed by atoms with Gasteiger partial charge in [0.25, 0.3) is 0 Å². The van der Waals surface area contributed by atoms with E-state index in [1.807, 2.05) is 7.05 Å². The first-order valence-corrected chi connectivity index (χ1v) is 4.06. The molecule has 1 aliphatic heterocycles. The molecule has 0 aromatic carbocycles. The zero-order valence-electron chi connectivity index (χ0n) is 7.73. The molecule has 11 heavy (non-hydrogen) atoms. The number of rotatable bonds is 2. The van der Waals surface area contributed by atoms with Gasteiger partial charge in [-0.05, 0) is 33.4 Å².